The number of nitrogens with one attached hydrogen (secondary N) is 1. The lowest BCUT2D eigenvalue weighted by molar-refractivity contribution is -0.139. The SMILES string of the molecule is CCCC(NC1CCCN(C)CC1)C(=O)O. The van der Waals surface area contributed by atoms with Crippen molar-refractivity contribution in [3.8, 4) is 0 Å². The number of hydrogen-bond acceptors (Lipinski definition) is 3. The fourth-order valence-corrected chi connectivity index (χ4v) is 2.26. The van der Waals surface area contributed by atoms with Gasteiger partial charge in [0.25, 0.3) is 0 Å². The van der Waals surface area contributed by atoms with Crippen LogP contribution >= 0.6 is 0 Å². The highest BCUT2D eigenvalue weighted by Gasteiger charge is 2.22. The monoisotopic (exact) mass is 228 g/mol. The van der Waals surface area contributed by atoms with E-state index >= 15 is 0 Å². The van der Waals surface area contributed by atoms with Crippen molar-refractivity contribution in [2.75, 3.05) is 20.1 Å². The molecule has 2 unspecified atom stereocenters. The molecule has 1 aliphatic heterocycles. The Hall–Kier alpha value is -0.610. The molecule has 1 heterocycles. The molecule has 0 aromatic rings. The first kappa shape index (κ1) is 13.5. The van der Waals surface area contributed by atoms with Crippen molar-refractivity contribution in [1.29, 1.82) is 0 Å². The molecule has 1 fully saturated rings. The molecular formula is C12H24N2O2. The van der Waals surface area contributed by atoms with Crippen LogP contribution in [-0.2, 0) is 4.79 Å². The Morgan fingerprint density at radius 3 is 2.88 bits per heavy atom. The third-order valence-corrected chi connectivity index (χ3v) is 3.26. The van der Waals surface area contributed by atoms with Crippen molar-refractivity contribution in [2.45, 2.75) is 51.1 Å². The van der Waals surface area contributed by atoms with Crippen LogP contribution in [-0.4, -0.2) is 48.2 Å². The van der Waals surface area contributed by atoms with Gasteiger partial charge in [-0.3, -0.25) is 4.79 Å². The Bertz CT molecular complexity index is 221. The second-order valence-corrected chi connectivity index (χ2v) is 4.78. The molecule has 0 amide bonds. The minimum Gasteiger partial charge on any atom is -0.480 e. The molecule has 0 bridgehead atoms. The molecular weight excluding hydrogens is 204 g/mol. The summed E-state index contributed by atoms with van der Waals surface area (Å²) in [6.07, 6.45) is 4.95. The molecule has 16 heavy (non-hydrogen) atoms. The molecule has 1 rings (SSSR count). The first-order chi connectivity index (χ1) is 7.63. The second kappa shape index (κ2) is 6.86. The van der Waals surface area contributed by atoms with Crippen LogP contribution in [0.5, 0.6) is 0 Å². The maximum absolute atomic E-state index is 11.0. The number of likely N-dealkylation sites (tertiary alicyclic amines) is 1. The molecule has 0 aromatic heterocycles. The minimum atomic E-state index is -0.709. The second-order valence-electron chi connectivity index (χ2n) is 4.78. The van der Waals surface area contributed by atoms with E-state index in [0.717, 1.165) is 45.2 Å². The van der Waals surface area contributed by atoms with E-state index in [2.05, 4.69) is 17.3 Å². The third-order valence-electron chi connectivity index (χ3n) is 3.26. The highest BCUT2D eigenvalue weighted by Crippen LogP contribution is 2.11. The first-order valence-corrected chi connectivity index (χ1v) is 6.31. The zero-order chi connectivity index (χ0) is 12.0. The quantitative estimate of drug-likeness (QED) is 0.745. The number of rotatable bonds is 5. The summed E-state index contributed by atoms with van der Waals surface area (Å²) in [5, 5.41) is 12.4. The van der Waals surface area contributed by atoms with E-state index in [1.165, 1.54) is 0 Å². The van der Waals surface area contributed by atoms with Gasteiger partial charge in [-0.2, -0.15) is 0 Å². The van der Waals surface area contributed by atoms with Gasteiger partial charge in [-0.25, -0.2) is 0 Å². The van der Waals surface area contributed by atoms with Crippen LogP contribution in [0, 0.1) is 0 Å². The van der Waals surface area contributed by atoms with Crippen LogP contribution in [0.25, 0.3) is 0 Å². The maximum Gasteiger partial charge on any atom is 0.320 e. The molecule has 0 spiro atoms. The summed E-state index contributed by atoms with van der Waals surface area (Å²) in [4.78, 5) is 13.4. The van der Waals surface area contributed by atoms with E-state index in [1.54, 1.807) is 0 Å². The lowest BCUT2D eigenvalue weighted by Gasteiger charge is -2.21. The Morgan fingerprint density at radius 1 is 1.50 bits per heavy atom. The topological polar surface area (TPSA) is 52.6 Å². The molecule has 4 nitrogen and oxygen atoms in total. The molecule has 0 radical (unpaired) electrons. The van der Waals surface area contributed by atoms with Gasteiger partial charge in [0.05, 0.1) is 0 Å². The van der Waals surface area contributed by atoms with E-state index in [0.29, 0.717) is 6.04 Å². The highest BCUT2D eigenvalue weighted by molar-refractivity contribution is 5.73. The molecule has 4 heteroatoms. The van der Waals surface area contributed by atoms with Gasteiger partial charge in [-0.05, 0) is 45.8 Å². The number of hydrogen-bond donors (Lipinski definition) is 2. The van der Waals surface area contributed by atoms with E-state index in [4.69, 9.17) is 5.11 Å². The van der Waals surface area contributed by atoms with Gasteiger partial charge < -0.3 is 15.3 Å². The Morgan fingerprint density at radius 2 is 2.25 bits per heavy atom. The van der Waals surface area contributed by atoms with Crippen molar-refractivity contribution >= 4 is 5.97 Å². The molecule has 0 saturated carbocycles. The third kappa shape index (κ3) is 4.49. The Labute approximate surface area is 98.0 Å². The Kier molecular flexibility index (Phi) is 5.77. The molecule has 1 aliphatic rings. The van der Waals surface area contributed by atoms with Crippen molar-refractivity contribution in [3.63, 3.8) is 0 Å². The zero-order valence-corrected chi connectivity index (χ0v) is 10.4. The van der Waals surface area contributed by atoms with Crippen molar-refractivity contribution in [2.24, 2.45) is 0 Å². The van der Waals surface area contributed by atoms with Crippen molar-refractivity contribution < 1.29 is 9.90 Å². The predicted molar refractivity (Wildman–Crippen MR) is 64.6 cm³/mol. The van der Waals surface area contributed by atoms with Crippen molar-refractivity contribution in [3.05, 3.63) is 0 Å². The van der Waals surface area contributed by atoms with E-state index in [1.807, 2.05) is 6.92 Å². The summed E-state index contributed by atoms with van der Waals surface area (Å²) in [5.41, 5.74) is 0. The highest BCUT2D eigenvalue weighted by atomic mass is 16.4. The lowest BCUT2D eigenvalue weighted by Crippen LogP contribution is -2.43. The smallest absolute Gasteiger partial charge is 0.320 e. The molecule has 1 saturated heterocycles. The van der Waals surface area contributed by atoms with Crippen LogP contribution in [0.2, 0.25) is 0 Å². The summed E-state index contributed by atoms with van der Waals surface area (Å²) >= 11 is 0. The molecule has 0 aliphatic carbocycles. The molecule has 2 atom stereocenters. The van der Waals surface area contributed by atoms with Gasteiger partial charge in [0.1, 0.15) is 6.04 Å². The van der Waals surface area contributed by atoms with Gasteiger partial charge in [0.2, 0.25) is 0 Å². The standard InChI is InChI=1S/C12H24N2O2/c1-3-5-11(12(15)16)13-10-6-4-8-14(2)9-7-10/h10-11,13H,3-9H2,1-2H3,(H,15,16). The predicted octanol–water partition coefficient (Wildman–Crippen LogP) is 1.31. The van der Waals surface area contributed by atoms with Crippen LogP contribution < -0.4 is 5.32 Å². The van der Waals surface area contributed by atoms with Gasteiger partial charge >= 0.3 is 5.97 Å². The molecule has 2 N–H and O–H groups in total. The number of carboxylic acids is 1. The van der Waals surface area contributed by atoms with Gasteiger partial charge in [0.15, 0.2) is 0 Å². The molecule has 0 aromatic carbocycles. The number of carbonyl (C=O) groups is 1. The van der Waals surface area contributed by atoms with Crippen LogP contribution in [0.4, 0.5) is 0 Å². The van der Waals surface area contributed by atoms with E-state index < -0.39 is 5.97 Å². The summed E-state index contributed by atoms with van der Waals surface area (Å²) in [5.74, 6) is -0.709. The average Bonchev–Trinajstić information content (AvgIpc) is 2.43. The summed E-state index contributed by atoms with van der Waals surface area (Å²) in [7, 11) is 2.13. The van der Waals surface area contributed by atoms with E-state index in [-0.39, 0.29) is 6.04 Å². The largest absolute Gasteiger partial charge is 0.480 e. The fraction of sp³-hybridized carbons (Fsp3) is 0.917. The van der Waals surface area contributed by atoms with Crippen LogP contribution in [0.3, 0.4) is 0 Å². The summed E-state index contributed by atoms with van der Waals surface area (Å²) < 4.78 is 0. The van der Waals surface area contributed by atoms with Gasteiger partial charge in [0, 0.05) is 6.04 Å². The maximum atomic E-state index is 11.0. The van der Waals surface area contributed by atoms with E-state index in [9.17, 15) is 4.79 Å². The van der Waals surface area contributed by atoms with Crippen LogP contribution in [0.15, 0.2) is 0 Å². The lowest BCUT2D eigenvalue weighted by atomic mass is 10.1. The molecule has 94 valence electrons. The summed E-state index contributed by atoms with van der Waals surface area (Å²) in [6, 6.07) is 0.0102. The van der Waals surface area contributed by atoms with Gasteiger partial charge in [-0.15, -0.1) is 0 Å². The first-order valence-electron chi connectivity index (χ1n) is 6.31. The minimum absolute atomic E-state index is 0.363. The van der Waals surface area contributed by atoms with Crippen LogP contribution in [0.1, 0.15) is 39.0 Å². The van der Waals surface area contributed by atoms with Crippen molar-refractivity contribution in [1.82, 2.24) is 10.2 Å². The van der Waals surface area contributed by atoms with Gasteiger partial charge in [-0.1, -0.05) is 13.3 Å². The Balaban J connectivity index is 2.40. The normalized spacial score (nSPS) is 25.0. The zero-order valence-electron chi connectivity index (χ0n) is 10.4. The number of aliphatic carboxylic acids is 1. The summed E-state index contributed by atoms with van der Waals surface area (Å²) in [6.45, 7) is 4.22. The number of nitrogens with zero attached hydrogens (tertiary/aromatic N) is 1. The number of carboxylic acid groups (broad SMARTS) is 1. The fourth-order valence-electron chi connectivity index (χ4n) is 2.26. The average molecular weight is 228 g/mol.